The van der Waals surface area contributed by atoms with Gasteiger partial charge < -0.3 is 4.90 Å². The zero-order valence-corrected chi connectivity index (χ0v) is 12.5. The summed E-state index contributed by atoms with van der Waals surface area (Å²) in [7, 11) is 2.29. The molecule has 2 aliphatic rings. The molecule has 1 aromatic rings. The molecule has 0 aromatic carbocycles. The Morgan fingerprint density at radius 1 is 1.00 bits per heavy atom. The maximum absolute atomic E-state index is 4.70. The van der Waals surface area contributed by atoms with Crippen LogP contribution in [0.2, 0.25) is 0 Å². The topological polar surface area (TPSA) is 32.3 Å². The van der Waals surface area contributed by atoms with Gasteiger partial charge in [0.05, 0.1) is 0 Å². The van der Waals surface area contributed by atoms with E-state index in [1.54, 1.807) is 0 Å². The quantitative estimate of drug-likeness (QED) is 0.774. The van der Waals surface area contributed by atoms with E-state index in [0.29, 0.717) is 6.04 Å². The average molecular weight is 260 g/mol. The highest BCUT2D eigenvalue weighted by Gasteiger charge is 2.35. The van der Waals surface area contributed by atoms with Crippen LogP contribution in [0, 0.1) is 20.8 Å². The van der Waals surface area contributed by atoms with E-state index >= 15 is 0 Å². The highest BCUT2D eigenvalue weighted by atomic mass is 15.3. The van der Waals surface area contributed by atoms with E-state index in [1.165, 1.54) is 24.8 Å². The van der Waals surface area contributed by atoms with Crippen LogP contribution in [0.5, 0.6) is 0 Å². The molecule has 2 atom stereocenters. The van der Waals surface area contributed by atoms with E-state index in [0.717, 1.165) is 36.5 Å². The zero-order chi connectivity index (χ0) is 13.6. The highest BCUT2D eigenvalue weighted by Crippen LogP contribution is 2.31. The van der Waals surface area contributed by atoms with Crippen molar-refractivity contribution in [2.45, 2.75) is 52.1 Å². The third-order valence-corrected chi connectivity index (χ3v) is 4.92. The van der Waals surface area contributed by atoms with Gasteiger partial charge in [-0.2, -0.15) is 0 Å². The minimum absolute atomic E-state index is 0.697. The van der Waals surface area contributed by atoms with E-state index in [1.807, 2.05) is 6.92 Å². The second kappa shape index (κ2) is 4.75. The van der Waals surface area contributed by atoms with Crippen LogP contribution in [0.1, 0.15) is 36.3 Å². The van der Waals surface area contributed by atoms with Crippen LogP contribution in [-0.4, -0.2) is 47.1 Å². The second-order valence-corrected chi connectivity index (χ2v) is 6.09. The Morgan fingerprint density at radius 3 is 2.53 bits per heavy atom. The molecular formula is C15H24N4. The summed E-state index contributed by atoms with van der Waals surface area (Å²) in [5.74, 6) is 2.05. The van der Waals surface area contributed by atoms with Crippen LogP contribution in [-0.2, 0) is 0 Å². The van der Waals surface area contributed by atoms with Crippen molar-refractivity contribution in [3.05, 3.63) is 17.1 Å². The SMILES string of the molecule is Cc1nc(C)c(C)c(N2CC[C@H]3CC[C@@H](C2)N3C)n1. The molecule has 2 saturated heterocycles. The lowest BCUT2D eigenvalue weighted by atomic mass is 10.1. The predicted molar refractivity (Wildman–Crippen MR) is 77.6 cm³/mol. The molecule has 3 heterocycles. The molecule has 0 spiro atoms. The number of hydrogen-bond donors (Lipinski definition) is 0. The van der Waals surface area contributed by atoms with Gasteiger partial charge in [0.25, 0.3) is 0 Å². The number of rotatable bonds is 1. The minimum atomic E-state index is 0.697. The third-order valence-electron chi connectivity index (χ3n) is 4.92. The lowest BCUT2D eigenvalue weighted by Crippen LogP contribution is -2.37. The van der Waals surface area contributed by atoms with Crippen molar-refractivity contribution in [2.24, 2.45) is 0 Å². The van der Waals surface area contributed by atoms with Crippen molar-refractivity contribution >= 4 is 5.82 Å². The Morgan fingerprint density at radius 2 is 1.74 bits per heavy atom. The molecule has 0 unspecified atom stereocenters. The molecule has 1 aromatic heterocycles. The summed E-state index contributed by atoms with van der Waals surface area (Å²) in [5.41, 5.74) is 2.36. The van der Waals surface area contributed by atoms with Crippen molar-refractivity contribution in [1.82, 2.24) is 14.9 Å². The summed E-state index contributed by atoms with van der Waals surface area (Å²) in [4.78, 5) is 14.2. The monoisotopic (exact) mass is 260 g/mol. The maximum atomic E-state index is 4.70. The summed E-state index contributed by atoms with van der Waals surface area (Å²) < 4.78 is 0. The van der Waals surface area contributed by atoms with Crippen molar-refractivity contribution < 1.29 is 0 Å². The highest BCUT2D eigenvalue weighted by molar-refractivity contribution is 5.48. The number of likely N-dealkylation sites (N-methyl/N-ethyl adjacent to an activating group) is 1. The van der Waals surface area contributed by atoms with Crippen molar-refractivity contribution in [2.75, 3.05) is 25.0 Å². The molecular weight excluding hydrogens is 236 g/mol. The van der Waals surface area contributed by atoms with Gasteiger partial charge in [0, 0.05) is 36.4 Å². The first-order chi connectivity index (χ1) is 9.06. The van der Waals surface area contributed by atoms with Gasteiger partial charge in [-0.3, -0.25) is 4.90 Å². The van der Waals surface area contributed by atoms with Gasteiger partial charge in [-0.25, -0.2) is 9.97 Å². The van der Waals surface area contributed by atoms with Crippen molar-refractivity contribution in [1.29, 1.82) is 0 Å². The normalized spacial score (nSPS) is 27.7. The average Bonchev–Trinajstić information content (AvgIpc) is 2.59. The molecule has 0 amide bonds. The van der Waals surface area contributed by atoms with E-state index in [-0.39, 0.29) is 0 Å². The van der Waals surface area contributed by atoms with Crippen LogP contribution in [0.15, 0.2) is 0 Å². The van der Waals surface area contributed by atoms with Crippen LogP contribution in [0.3, 0.4) is 0 Å². The van der Waals surface area contributed by atoms with Gasteiger partial charge in [-0.15, -0.1) is 0 Å². The fourth-order valence-corrected chi connectivity index (χ4v) is 3.56. The van der Waals surface area contributed by atoms with Crippen molar-refractivity contribution in [3.63, 3.8) is 0 Å². The Balaban J connectivity index is 1.91. The number of aromatic nitrogens is 2. The summed E-state index contributed by atoms with van der Waals surface area (Å²) in [6, 6.07) is 1.47. The molecule has 4 heteroatoms. The first-order valence-electron chi connectivity index (χ1n) is 7.35. The number of anilines is 1. The Hall–Kier alpha value is -1.16. The predicted octanol–water partition coefficient (Wildman–Crippen LogP) is 2.07. The van der Waals surface area contributed by atoms with E-state index in [2.05, 4.69) is 35.7 Å². The fourth-order valence-electron chi connectivity index (χ4n) is 3.56. The van der Waals surface area contributed by atoms with Crippen molar-refractivity contribution in [3.8, 4) is 0 Å². The summed E-state index contributed by atoms with van der Waals surface area (Å²) in [6.45, 7) is 8.47. The maximum Gasteiger partial charge on any atom is 0.135 e. The molecule has 0 saturated carbocycles. The van der Waals surface area contributed by atoms with Gasteiger partial charge in [0.15, 0.2) is 0 Å². The first kappa shape index (κ1) is 12.9. The second-order valence-electron chi connectivity index (χ2n) is 6.09. The van der Waals surface area contributed by atoms with Gasteiger partial charge >= 0.3 is 0 Å². The number of hydrogen-bond acceptors (Lipinski definition) is 4. The summed E-state index contributed by atoms with van der Waals surface area (Å²) >= 11 is 0. The summed E-state index contributed by atoms with van der Waals surface area (Å²) in [6.07, 6.45) is 3.96. The Bertz CT molecular complexity index is 485. The molecule has 4 nitrogen and oxygen atoms in total. The zero-order valence-electron chi connectivity index (χ0n) is 12.5. The molecule has 2 fully saturated rings. The molecule has 0 radical (unpaired) electrons. The fraction of sp³-hybridized carbons (Fsp3) is 0.733. The molecule has 104 valence electrons. The van der Waals surface area contributed by atoms with E-state index < -0.39 is 0 Å². The lowest BCUT2D eigenvalue weighted by molar-refractivity contribution is 0.254. The molecule has 0 aliphatic carbocycles. The van der Waals surface area contributed by atoms with Gasteiger partial charge in [-0.05, 0) is 47.1 Å². The van der Waals surface area contributed by atoms with E-state index in [4.69, 9.17) is 4.98 Å². The van der Waals surface area contributed by atoms with Gasteiger partial charge in [-0.1, -0.05) is 0 Å². The van der Waals surface area contributed by atoms with Crippen LogP contribution in [0.4, 0.5) is 5.82 Å². The van der Waals surface area contributed by atoms with Gasteiger partial charge in [0.1, 0.15) is 11.6 Å². The molecule has 2 bridgehead atoms. The van der Waals surface area contributed by atoms with Crippen LogP contribution >= 0.6 is 0 Å². The van der Waals surface area contributed by atoms with Crippen LogP contribution < -0.4 is 4.90 Å². The number of nitrogens with zero attached hydrogens (tertiary/aromatic N) is 4. The molecule has 19 heavy (non-hydrogen) atoms. The Kier molecular flexibility index (Phi) is 3.21. The molecule has 3 rings (SSSR count). The van der Waals surface area contributed by atoms with E-state index in [9.17, 15) is 0 Å². The van der Waals surface area contributed by atoms with Gasteiger partial charge in [0.2, 0.25) is 0 Å². The smallest absolute Gasteiger partial charge is 0.135 e. The minimum Gasteiger partial charge on any atom is -0.355 e. The van der Waals surface area contributed by atoms with Crippen LogP contribution in [0.25, 0.3) is 0 Å². The third kappa shape index (κ3) is 2.22. The number of fused-ring (bicyclic) bond motifs is 2. The summed E-state index contributed by atoms with van der Waals surface area (Å²) in [5, 5.41) is 0. The first-order valence-corrected chi connectivity index (χ1v) is 7.35. The molecule has 2 aliphatic heterocycles. The number of aryl methyl sites for hydroxylation is 2. The standard InChI is InChI=1S/C15H24N4/c1-10-11(2)16-12(3)17-15(10)19-8-7-13-5-6-14(9-19)18(13)4/h13-14H,5-9H2,1-4H3/t13-,14+/m1/s1. The lowest BCUT2D eigenvalue weighted by Gasteiger charge is -2.28. The molecule has 0 N–H and O–H groups in total. The Labute approximate surface area is 115 Å². The largest absolute Gasteiger partial charge is 0.355 e.